The summed E-state index contributed by atoms with van der Waals surface area (Å²) in [5, 5.41) is 0. The van der Waals surface area contributed by atoms with Crippen LogP contribution in [0.2, 0.25) is 0 Å². The molecule has 46 heavy (non-hydrogen) atoms. The van der Waals surface area contributed by atoms with Crippen molar-refractivity contribution < 1.29 is 9.31 Å². The van der Waals surface area contributed by atoms with Crippen molar-refractivity contribution >= 4 is 35.2 Å². The van der Waals surface area contributed by atoms with Gasteiger partial charge in [0.2, 0.25) is 0 Å². The minimum Gasteiger partial charge on any atom is -0.399 e. The Kier molecular flexibility index (Phi) is 8.02. The van der Waals surface area contributed by atoms with Crippen molar-refractivity contribution in [2.75, 3.05) is 4.90 Å². The Morgan fingerprint density at radius 2 is 0.935 bits per heavy atom. The molecule has 0 atom stereocenters. The summed E-state index contributed by atoms with van der Waals surface area (Å²) in [6, 6.07) is 45.6. The molecule has 7 rings (SSSR count). The molecule has 0 bridgehead atoms. The molecule has 0 N–H and O–H groups in total. The van der Waals surface area contributed by atoms with E-state index in [9.17, 15) is 0 Å². The molecule has 0 aromatic heterocycles. The number of allylic oxidation sites excluding steroid dienone is 4. The molecule has 0 amide bonds. The van der Waals surface area contributed by atoms with Gasteiger partial charge in [-0.25, -0.2) is 0 Å². The molecule has 0 radical (unpaired) electrons. The maximum atomic E-state index is 6.33. The third-order valence-corrected chi connectivity index (χ3v) is 9.58. The monoisotopic (exact) mass is 601 g/mol. The molecule has 1 saturated heterocycles. The van der Waals surface area contributed by atoms with E-state index in [-0.39, 0.29) is 11.2 Å². The predicted octanol–water partition coefficient (Wildman–Crippen LogP) is 10.5. The van der Waals surface area contributed by atoms with Crippen molar-refractivity contribution in [2.24, 2.45) is 0 Å². The number of nitrogens with zero attached hydrogens (tertiary/aromatic N) is 1. The summed E-state index contributed by atoms with van der Waals surface area (Å²) in [6.45, 7) is 8.36. The van der Waals surface area contributed by atoms with Crippen molar-refractivity contribution in [1.82, 2.24) is 0 Å². The Hall–Kier alpha value is -4.64. The second-order valence-electron chi connectivity index (χ2n) is 13.2. The predicted molar refractivity (Wildman–Crippen MR) is 194 cm³/mol. The van der Waals surface area contributed by atoms with Gasteiger partial charge in [0.25, 0.3) is 0 Å². The zero-order chi connectivity index (χ0) is 31.7. The number of anilines is 3. The van der Waals surface area contributed by atoms with Crippen molar-refractivity contribution in [2.45, 2.75) is 51.7 Å². The number of rotatable bonds is 7. The molecule has 1 fully saturated rings. The van der Waals surface area contributed by atoms with Gasteiger partial charge in [-0.1, -0.05) is 109 Å². The van der Waals surface area contributed by atoms with E-state index in [1.807, 2.05) is 0 Å². The highest BCUT2D eigenvalue weighted by Crippen LogP contribution is 2.39. The minimum absolute atomic E-state index is 0.378. The van der Waals surface area contributed by atoms with Crippen LogP contribution in [0, 0.1) is 0 Å². The van der Waals surface area contributed by atoms with E-state index < -0.39 is 7.12 Å². The lowest BCUT2D eigenvalue weighted by Gasteiger charge is -2.32. The van der Waals surface area contributed by atoms with Crippen LogP contribution >= 0.6 is 0 Å². The third kappa shape index (κ3) is 5.99. The zero-order valence-electron chi connectivity index (χ0n) is 27.1. The first-order valence-electron chi connectivity index (χ1n) is 16.3. The van der Waals surface area contributed by atoms with Crippen LogP contribution in [0.15, 0.2) is 146 Å². The van der Waals surface area contributed by atoms with Crippen LogP contribution in [-0.4, -0.2) is 18.3 Å². The summed E-state index contributed by atoms with van der Waals surface area (Å²) in [7, 11) is -0.392. The Morgan fingerprint density at radius 3 is 1.41 bits per heavy atom. The van der Waals surface area contributed by atoms with Gasteiger partial charge in [0.05, 0.1) is 11.2 Å². The Bertz CT molecular complexity index is 1840. The lowest BCUT2D eigenvalue weighted by Crippen LogP contribution is -2.41. The molecule has 228 valence electrons. The van der Waals surface area contributed by atoms with Crippen molar-refractivity contribution in [1.29, 1.82) is 0 Å². The summed E-state index contributed by atoms with van der Waals surface area (Å²) < 4.78 is 12.7. The molecule has 4 heteroatoms. The highest BCUT2D eigenvalue weighted by molar-refractivity contribution is 6.62. The molecule has 1 heterocycles. The SMILES string of the molecule is CC1(C)OB(c2ccc(N(c3ccc(C4=CCCC=C4)cc3)c3ccc(-c4ccc(-c5ccccc5)cc4)cc3)cc2)OC1(C)C. The van der Waals surface area contributed by atoms with Gasteiger partial charge < -0.3 is 14.2 Å². The first kappa shape index (κ1) is 30.0. The van der Waals surface area contributed by atoms with Crippen LogP contribution in [0.3, 0.4) is 0 Å². The standard InChI is InChI=1S/C42H40BNO2/c1-41(2)42(3,4)46-43(45-41)37-23-29-40(30-24-37)44(38-25-19-35(20-26-38)32-13-9-6-10-14-32)39-27-21-36(22-28-39)34-17-15-33(16-18-34)31-11-7-5-8-12-31/h5,7-9,11-30H,6,10H2,1-4H3. The summed E-state index contributed by atoms with van der Waals surface area (Å²) in [5.74, 6) is 0. The summed E-state index contributed by atoms with van der Waals surface area (Å²) >= 11 is 0. The molecule has 5 aromatic carbocycles. The normalized spacial score (nSPS) is 16.7. The van der Waals surface area contributed by atoms with Gasteiger partial charge in [0, 0.05) is 17.1 Å². The highest BCUT2D eigenvalue weighted by atomic mass is 16.7. The molecule has 1 aliphatic heterocycles. The lowest BCUT2D eigenvalue weighted by molar-refractivity contribution is 0.00578. The molecule has 1 aliphatic carbocycles. The van der Waals surface area contributed by atoms with Crippen LogP contribution in [0.4, 0.5) is 17.1 Å². The van der Waals surface area contributed by atoms with Crippen molar-refractivity contribution in [3.05, 3.63) is 151 Å². The van der Waals surface area contributed by atoms with Crippen LogP contribution in [-0.2, 0) is 9.31 Å². The molecule has 2 aliphatic rings. The molecular weight excluding hydrogens is 561 g/mol. The molecule has 0 spiro atoms. The first-order valence-corrected chi connectivity index (χ1v) is 16.3. The maximum Gasteiger partial charge on any atom is 0.494 e. The van der Waals surface area contributed by atoms with Gasteiger partial charge >= 0.3 is 7.12 Å². The zero-order valence-corrected chi connectivity index (χ0v) is 27.1. The Balaban J connectivity index is 1.19. The molecule has 3 nitrogen and oxygen atoms in total. The number of benzene rings is 5. The van der Waals surface area contributed by atoms with E-state index in [4.69, 9.17) is 9.31 Å². The largest absolute Gasteiger partial charge is 0.494 e. The van der Waals surface area contributed by atoms with E-state index in [1.165, 1.54) is 33.4 Å². The fourth-order valence-electron chi connectivity index (χ4n) is 6.13. The summed E-state index contributed by atoms with van der Waals surface area (Å²) in [4.78, 5) is 2.31. The van der Waals surface area contributed by atoms with E-state index in [2.05, 4.69) is 178 Å². The van der Waals surface area contributed by atoms with Gasteiger partial charge in [0.15, 0.2) is 0 Å². The number of hydrogen-bond donors (Lipinski definition) is 0. The van der Waals surface area contributed by atoms with Gasteiger partial charge in [-0.2, -0.15) is 0 Å². The molecule has 0 unspecified atom stereocenters. The topological polar surface area (TPSA) is 21.7 Å². The first-order chi connectivity index (χ1) is 22.3. The molecule has 5 aromatic rings. The second-order valence-corrected chi connectivity index (χ2v) is 13.2. The Morgan fingerprint density at radius 1 is 0.500 bits per heavy atom. The lowest BCUT2D eigenvalue weighted by atomic mass is 9.79. The molecular formula is C42H40BNO2. The van der Waals surface area contributed by atoms with E-state index in [1.54, 1.807) is 0 Å². The average Bonchev–Trinajstić information content (AvgIpc) is 3.32. The maximum absolute atomic E-state index is 6.33. The van der Waals surface area contributed by atoms with Gasteiger partial charge in [-0.15, -0.1) is 0 Å². The minimum atomic E-state index is -0.392. The van der Waals surface area contributed by atoms with Crippen LogP contribution in [0.1, 0.15) is 46.1 Å². The fourth-order valence-corrected chi connectivity index (χ4v) is 6.13. The van der Waals surface area contributed by atoms with Crippen LogP contribution < -0.4 is 10.4 Å². The number of hydrogen-bond acceptors (Lipinski definition) is 3. The van der Waals surface area contributed by atoms with Crippen LogP contribution in [0.25, 0.3) is 27.8 Å². The third-order valence-electron chi connectivity index (χ3n) is 9.58. The highest BCUT2D eigenvalue weighted by Gasteiger charge is 2.51. The van der Waals surface area contributed by atoms with Crippen LogP contribution in [0.5, 0.6) is 0 Å². The summed E-state index contributed by atoms with van der Waals surface area (Å²) in [5.41, 5.74) is 10.9. The smallest absolute Gasteiger partial charge is 0.399 e. The molecule has 0 saturated carbocycles. The fraction of sp³-hybridized carbons (Fsp3) is 0.190. The van der Waals surface area contributed by atoms with Crippen molar-refractivity contribution in [3.8, 4) is 22.3 Å². The van der Waals surface area contributed by atoms with Gasteiger partial charge in [-0.3, -0.25) is 0 Å². The second kappa shape index (κ2) is 12.3. The van der Waals surface area contributed by atoms with Gasteiger partial charge in [0.1, 0.15) is 0 Å². The van der Waals surface area contributed by atoms with Crippen molar-refractivity contribution in [3.63, 3.8) is 0 Å². The van der Waals surface area contributed by atoms with E-state index in [0.717, 1.165) is 35.4 Å². The van der Waals surface area contributed by atoms with E-state index >= 15 is 0 Å². The van der Waals surface area contributed by atoms with E-state index in [0.29, 0.717) is 0 Å². The van der Waals surface area contributed by atoms with Gasteiger partial charge in [-0.05, 0) is 116 Å². The Labute approximate surface area is 274 Å². The average molecular weight is 602 g/mol. The quantitative estimate of drug-likeness (QED) is 0.173. The summed E-state index contributed by atoms with van der Waals surface area (Å²) in [6.07, 6.45) is 9.02.